The highest BCUT2D eigenvalue weighted by molar-refractivity contribution is 6.30. The SMILES string of the molecule is C[C@H](C(=O)NC1CCCCC1)N(Cc1ccc(F)cc1)C(=O)COc1ccc(Cl)cc1. The average Bonchev–Trinajstić information content (AvgIpc) is 2.78. The van der Waals surface area contributed by atoms with Gasteiger partial charge in [-0.15, -0.1) is 0 Å². The zero-order valence-electron chi connectivity index (χ0n) is 17.7. The van der Waals surface area contributed by atoms with E-state index in [1.165, 1.54) is 23.5 Å². The Morgan fingerprint density at radius 2 is 1.74 bits per heavy atom. The molecule has 0 unspecified atom stereocenters. The fourth-order valence-corrected chi connectivity index (χ4v) is 3.82. The Labute approximate surface area is 187 Å². The van der Waals surface area contributed by atoms with E-state index in [1.54, 1.807) is 43.3 Å². The highest BCUT2D eigenvalue weighted by atomic mass is 35.5. The first-order valence-electron chi connectivity index (χ1n) is 10.6. The summed E-state index contributed by atoms with van der Waals surface area (Å²) in [5, 5.41) is 3.65. The molecule has 0 aromatic heterocycles. The molecule has 2 aromatic rings. The third-order valence-corrected chi connectivity index (χ3v) is 5.81. The lowest BCUT2D eigenvalue weighted by Gasteiger charge is -2.31. The number of rotatable bonds is 8. The molecule has 3 rings (SSSR count). The molecule has 1 aliphatic rings. The van der Waals surface area contributed by atoms with E-state index in [0.717, 1.165) is 31.2 Å². The third kappa shape index (κ3) is 6.96. The van der Waals surface area contributed by atoms with Gasteiger partial charge in [-0.1, -0.05) is 43.0 Å². The standard InChI is InChI=1S/C24H28ClFN2O3/c1-17(24(30)27-21-5-3-2-4-6-21)28(15-18-7-11-20(26)12-8-18)23(29)16-31-22-13-9-19(25)10-14-22/h7-14,17,21H,2-6,15-16H2,1H3,(H,27,30)/t17-/m1/s1. The maximum atomic E-state index is 13.3. The van der Waals surface area contributed by atoms with Crippen LogP contribution >= 0.6 is 11.6 Å². The van der Waals surface area contributed by atoms with Crippen molar-refractivity contribution in [2.75, 3.05) is 6.61 Å². The molecule has 0 spiro atoms. The van der Waals surface area contributed by atoms with E-state index in [1.807, 2.05) is 0 Å². The quantitative estimate of drug-likeness (QED) is 0.638. The molecule has 1 aliphatic carbocycles. The van der Waals surface area contributed by atoms with Gasteiger partial charge in [0.25, 0.3) is 5.91 Å². The lowest BCUT2D eigenvalue weighted by atomic mass is 9.95. The van der Waals surface area contributed by atoms with Crippen molar-refractivity contribution in [2.45, 2.75) is 57.7 Å². The topological polar surface area (TPSA) is 58.6 Å². The molecule has 0 aliphatic heterocycles. The second-order valence-corrected chi connectivity index (χ2v) is 8.35. The van der Waals surface area contributed by atoms with Crippen LogP contribution in [0.2, 0.25) is 5.02 Å². The van der Waals surface area contributed by atoms with Crippen LogP contribution in [0, 0.1) is 5.82 Å². The summed E-state index contributed by atoms with van der Waals surface area (Å²) in [7, 11) is 0. The van der Waals surface area contributed by atoms with Crippen LogP contribution < -0.4 is 10.1 Å². The van der Waals surface area contributed by atoms with Gasteiger partial charge in [-0.2, -0.15) is 0 Å². The number of amides is 2. The molecule has 31 heavy (non-hydrogen) atoms. The minimum absolute atomic E-state index is 0.150. The Morgan fingerprint density at radius 1 is 1.10 bits per heavy atom. The van der Waals surface area contributed by atoms with E-state index in [2.05, 4.69) is 5.32 Å². The summed E-state index contributed by atoms with van der Waals surface area (Å²) in [6.45, 7) is 1.67. The molecule has 0 heterocycles. The van der Waals surface area contributed by atoms with Crippen LogP contribution in [0.5, 0.6) is 5.75 Å². The second kappa shape index (κ2) is 11.1. The number of carbonyl (C=O) groups excluding carboxylic acids is 2. The lowest BCUT2D eigenvalue weighted by molar-refractivity contribution is -0.142. The van der Waals surface area contributed by atoms with Crippen LogP contribution in [0.15, 0.2) is 48.5 Å². The van der Waals surface area contributed by atoms with Gasteiger partial charge in [0, 0.05) is 17.6 Å². The molecule has 2 aromatic carbocycles. The predicted octanol–water partition coefficient (Wildman–Crippen LogP) is 4.72. The summed E-state index contributed by atoms with van der Waals surface area (Å²) in [5.74, 6) is -0.353. The van der Waals surface area contributed by atoms with Gasteiger partial charge >= 0.3 is 0 Å². The van der Waals surface area contributed by atoms with Gasteiger partial charge in [-0.05, 0) is 61.7 Å². The number of hydrogen-bond acceptors (Lipinski definition) is 3. The summed E-state index contributed by atoms with van der Waals surface area (Å²) in [4.78, 5) is 27.4. The van der Waals surface area contributed by atoms with Crippen LogP contribution in [-0.4, -0.2) is 35.4 Å². The first-order valence-corrected chi connectivity index (χ1v) is 11.0. The van der Waals surface area contributed by atoms with Gasteiger partial charge in [0.1, 0.15) is 17.6 Å². The second-order valence-electron chi connectivity index (χ2n) is 7.91. The lowest BCUT2D eigenvalue weighted by Crippen LogP contribution is -2.51. The Hall–Kier alpha value is -2.60. The van der Waals surface area contributed by atoms with Crippen molar-refractivity contribution in [2.24, 2.45) is 0 Å². The van der Waals surface area contributed by atoms with Crippen molar-refractivity contribution < 1.29 is 18.7 Å². The van der Waals surface area contributed by atoms with Crippen molar-refractivity contribution in [3.63, 3.8) is 0 Å². The Morgan fingerprint density at radius 3 is 2.39 bits per heavy atom. The van der Waals surface area contributed by atoms with Crippen molar-refractivity contribution in [3.05, 3.63) is 64.9 Å². The normalized spacial score (nSPS) is 15.2. The van der Waals surface area contributed by atoms with Gasteiger partial charge in [-0.25, -0.2) is 4.39 Å². The average molecular weight is 447 g/mol. The zero-order valence-corrected chi connectivity index (χ0v) is 18.4. The largest absolute Gasteiger partial charge is 0.484 e. The summed E-state index contributed by atoms with van der Waals surface area (Å²) >= 11 is 5.88. The summed E-state index contributed by atoms with van der Waals surface area (Å²) in [5.41, 5.74) is 0.735. The number of hydrogen-bond donors (Lipinski definition) is 1. The third-order valence-electron chi connectivity index (χ3n) is 5.56. The van der Waals surface area contributed by atoms with E-state index in [-0.39, 0.29) is 36.8 Å². The maximum Gasteiger partial charge on any atom is 0.261 e. The van der Waals surface area contributed by atoms with E-state index in [0.29, 0.717) is 10.8 Å². The summed E-state index contributed by atoms with van der Waals surface area (Å²) < 4.78 is 18.9. The van der Waals surface area contributed by atoms with Crippen LogP contribution in [0.25, 0.3) is 0 Å². The van der Waals surface area contributed by atoms with Crippen molar-refractivity contribution in [1.29, 1.82) is 0 Å². The summed E-state index contributed by atoms with van der Waals surface area (Å²) in [6.07, 6.45) is 5.33. The predicted molar refractivity (Wildman–Crippen MR) is 118 cm³/mol. The van der Waals surface area contributed by atoms with Crippen molar-refractivity contribution >= 4 is 23.4 Å². The monoisotopic (exact) mass is 446 g/mol. The molecule has 5 nitrogen and oxygen atoms in total. The maximum absolute atomic E-state index is 13.3. The molecule has 0 radical (unpaired) electrons. The van der Waals surface area contributed by atoms with E-state index < -0.39 is 6.04 Å². The molecular weight excluding hydrogens is 419 g/mol. The van der Waals surface area contributed by atoms with Crippen molar-refractivity contribution in [1.82, 2.24) is 10.2 Å². The van der Waals surface area contributed by atoms with E-state index in [4.69, 9.17) is 16.3 Å². The number of benzene rings is 2. The summed E-state index contributed by atoms with van der Waals surface area (Å²) in [6, 6.07) is 12.1. The van der Waals surface area contributed by atoms with Crippen LogP contribution in [0.1, 0.15) is 44.6 Å². The Kier molecular flexibility index (Phi) is 8.29. The van der Waals surface area contributed by atoms with Crippen LogP contribution in [-0.2, 0) is 16.1 Å². The molecule has 0 saturated heterocycles. The minimum Gasteiger partial charge on any atom is -0.484 e. The molecule has 0 bridgehead atoms. The number of halogens is 2. The Bertz CT molecular complexity index is 867. The highest BCUT2D eigenvalue weighted by Crippen LogP contribution is 2.19. The van der Waals surface area contributed by atoms with E-state index in [9.17, 15) is 14.0 Å². The van der Waals surface area contributed by atoms with Gasteiger partial charge in [0.2, 0.25) is 5.91 Å². The molecule has 7 heteroatoms. The van der Waals surface area contributed by atoms with Crippen LogP contribution in [0.4, 0.5) is 4.39 Å². The van der Waals surface area contributed by atoms with Crippen LogP contribution in [0.3, 0.4) is 0 Å². The molecular formula is C24H28ClFN2O3. The number of nitrogens with zero attached hydrogens (tertiary/aromatic N) is 1. The van der Waals surface area contributed by atoms with Gasteiger partial charge in [0.15, 0.2) is 6.61 Å². The number of nitrogens with one attached hydrogen (secondary N) is 1. The van der Waals surface area contributed by atoms with Crippen molar-refractivity contribution in [3.8, 4) is 5.75 Å². The fraction of sp³-hybridized carbons (Fsp3) is 0.417. The van der Waals surface area contributed by atoms with E-state index >= 15 is 0 Å². The number of ether oxygens (including phenoxy) is 1. The molecule has 2 amide bonds. The highest BCUT2D eigenvalue weighted by Gasteiger charge is 2.28. The molecule has 166 valence electrons. The fourth-order valence-electron chi connectivity index (χ4n) is 3.70. The molecule has 1 saturated carbocycles. The molecule has 1 fully saturated rings. The first-order chi connectivity index (χ1) is 14.9. The molecule has 1 atom stereocenters. The smallest absolute Gasteiger partial charge is 0.261 e. The number of carbonyl (C=O) groups is 2. The minimum atomic E-state index is -0.687. The zero-order chi connectivity index (χ0) is 22.2. The Balaban J connectivity index is 1.69. The van der Waals surface area contributed by atoms with Gasteiger partial charge in [-0.3, -0.25) is 9.59 Å². The van der Waals surface area contributed by atoms with Gasteiger partial charge in [0.05, 0.1) is 0 Å². The molecule has 1 N–H and O–H groups in total. The van der Waals surface area contributed by atoms with Gasteiger partial charge < -0.3 is 15.0 Å². The first kappa shape index (κ1) is 23.1.